The Kier molecular flexibility index (Phi) is 11.0. The summed E-state index contributed by atoms with van der Waals surface area (Å²) < 4.78 is 46.4. The van der Waals surface area contributed by atoms with Gasteiger partial charge in [0.05, 0.1) is 41.1 Å². The number of hydrogen-bond acceptors (Lipinski definition) is 11. The molecule has 5 aliphatic heterocycles. The molecule has 1 unspecified atom stereocenters. The fourth-order valence-corrected chi connectivity index (χ4v) is 8.70. The predicted molar refractivity (Wildman–Crippen MR) is 207 cm³/mol. The molecule has 5 aliphatic rings. The Morgan fingerprint density at radius 3 is 2.25 bits per heavy atom. The van der Waals surface area contributed by atoms with E-state index in [2.05, 4.69) is 25.4 Å². The van der Waals surface area contributed by atoms with Crippen LogP contribution in [0.5, 0.6) is 5.75 Å². The molecule has 4 fully saturated rings. The Hall–Kier alpha value is -6.02. The maximum Gasteiger partial charge on any atom is 0.417 e. The number of halogens is 3. The summed E-state index contributed by atoms with van der Waals surface area (Å²) in [6.07, 6.45) is 0.0690. The van der Waals surface area contributed by atoms with E-state index in [1.165, 1.54) is 12.1 Å². The monoisotopic (exact) mass is 812 g/mol. The third-order valence-corrected chi connectivity index (χ3v) is 12.1. The highest BCUT2D eigenvalue weighted by atomic mass is 19.4. The van der Waals surface area contributed by atoms with Gasteiger partial charge in [0.1, 0.15) is 17.6 Å². The van der Waals surface area contributed by atoms with Crippen LogP contribution in [0.25, 0.3) is 0 Å². The van der Waals surface area contributed by atoms with Gasteiger partial charge in [-0.1, -0.05) is 0 Å². The normalized spacial score (nSPS) is 20.9. The van der Waals surface area contributed by atoms with Crippen molar-refractivity contribution in [1.29, 1.82) is 5.26 Å². The first-order valence-electron chi connectivity index (χ1n) is 19.9. The number of carbonyl (C=O) groups excluding carboxylic acids is 5. The smallest absolute Gasteiger partial charge is 0.417 e. The van der Waals surface area contributed by atoms with Crippen LogP contribution in [-0.4, -0.2) is 103 Å². The number of carbonyl (C=O) groups is 5. The number of benzene rings is 2. The van der Waals surface area contributed by atoms with Gasteiger partial charge in [-0.3, -0.25) is 34.2 Å². The molecular weight excluding hydrogens is 770 g/mol. The van der Waals surface area contributed by atoms with E-state index in [4.69, 9.17) is 10.00 Å². The summed E-state index contributed by atoms with van der Waals surface area (Å²) in [5.74, 6) is -0.692. The fourth-order valence-electron chi connectivity index (χ4n) is 8.70. The molecule has 2 aromatic carbocycles. The first-order valence-corrected chi connectivity index (χ1v) is 19.9. The Labute approximate surface area is 338 Å². The molecule has 1 aromatic heterocycles. The van der Waals surface area contributed by atoms with Crippen LogP contribution in [0.1, 0.15) is 70.4 Å². The summed E-state index contributed by atoms with van der Waals surface area (Å²) in [7, 11) is 0. The van der Waals surface area contributed by atoms with Gasteiger partial charge in [-0.25, -0.2) is 4.98 Å². The Bertz CT molecular complexity index is 2190. The molecule has 2 N–H and O–H groups in total. The number of pyridine rings is 1. The van der Waals surface area contributed by atoms with E-state index in [1.807, 2.05) is 6.07 Å². The van der Waals surface area contributed by atoms with Gasteiger partial charge in [0.2, 0.25) is 17.7 Å². The highest BCUT2D eigenvalue weighted by Gasteiger charge is 2.45. The van der Waals surface area contributed by atoms with Gasteiger partial charge in [-0.05, 0) is 99.6 Å². The van der Waals surface area contributed by atoms with Gasteiger partial charge in [-0.2, -0.15) is 18.4 Å². The van der Waals surface area contributed by atoms with Crippen LogP contribution in [0.2, 0.25) is 0 Å². The number of ether oxygens (including phenoxy) is 1. The maximum atomic E-state index is 13.4. The average molecular weight is 813 g/mol. The second-order valence-electron chi connectivity index (χ2n) is 16.0. The maximum absolute atomic E-state index is 13.4. The minimum Gasteiger partial charge on any atom is -0.492 e. The number of anilines is 3. The number of nitrogens with zero attached hydrogens (tertiary/aromatic N) is 6. The number of alkyl halides is 3. The summed E-state index contributed by atoms with van der Waals surface area (Å²) in [6, 6.07) is 13.0. The molecule has 5 amide bonds. The van der Waals surface area contributed by atoms with Crippen LogP contribution in [-0.2, 0) is 20.6 Å². The van der Waals surface area contributed by atoms with Gasteiger partial charge in [-0.15, -0.1) is 0 Å². The van der Waals surface area contributed by atoms with Crippen LogP contribution in [0.3, 0.4) is 0 Å². The number of imide groups is 2. The minimum absolute atomic E-state index is 0.0769. The van der Waals surface area contributed by atoms with Crippen molar-refractivity contribution in [2.75, 3.05) is 67.5 Å². The van der Waals surface area contributed by atoms with E-state index in [-0.39, 0.29) is 35.8 Å². The Balaban J connectivity index is 0.730. The zero-order chi connectivity index (χ0) is 41.4. The van der Waals surface area contributed by atoms with Crippen molar-refractivity contribution in [3.63, 3.8) is 0 Å². The highest BCUT2D eigenvalue weighted by molar-refractivity contribution is 6.23. The number of hydrogen-bond donors (Lipinski definition) is 2. The molecule has 4 saturated heterocycles. The van der Waals surface area contributed by atoms with E-state index in [0.717, 1.165) is 62.2 Å². The molecule has 14 nitrogen and oxygen atoms in total. The molecule has 59 heavy (non-hydrogen) atoms. The molecular formula is C42H43F3N8O6. The van der Waals surface area contributed by atoms with Crippen LogP contribution >= 0.6 is 0 Å². The summed E-state index contributed by atoms with van der Waals surface area (Å²) in [5, 5.41) is 14.1. The molecule has 8 rings (SSSR count). The lowest BCUT2D eigenvalue weighted by atomic mass is 9.94. The average Bonchev–Trinajstić information content (AvgIpc) is 3.46. The van der Waals surface area contributed by atoms with E-state index < -0.39 is 47.0 Å². The largest absolute Gasteiger partial charge is 0.492 e. The standard InChI is InChI=1S/C42H43F3N8O6/c43-42(44,45)34-18-30(2-1-28(34)19-46)51-15-11-27(12-16-51)38(55)48-36-7-4-31(20-47-36)59-24-25-9-13-50(14-10-25)21-26-22-52(23-26)29-3-5-32-33(17-29)41(58)53(40(32)57)35-6-8-37(54)49-39(35)56/h1-5,7,17-18,20,25-27,35H,6,8-16,21-24H2,(H,47,48,55)(H,49,54,56). The lowest BCUT2D eigenvalue weighted by molar-refractivity contribution is -0.138. The second kappa shape index (κ2) is 16.3. The van der Waals surface area contributed by atoms with Gasteiger partial charge >= 0.3 is 6.18 Å². The van der Waals surface area contributed by atoms with Crippen LogP contribution in [0.15, 0.2) is 54.7 Å². The first-order chi connectivity index (χ1) is 28.3. The van der Waals surface area contributed by atoms with Crippen LogP contribution in [0, 0.1) is 29.1 Å². The lowest BCUT2D eigenvalue weighted by Gasteiger charge is -2.44. The first kappa shape index (κ1) is 39.8. The highest BCUT2D eigenvalue weighted by Crippen LogP contribution is 2.36. The Morgan fingerprint density at radius 2 is 1.58 bits per heavy atom. The van der Waals surface area contributed by atoms with Crippen molar-refractivity contribution in [1.82, 2.24) is 20.1 Å². The quantitative estimate of drug-likeness (QED) is 0.278. The number of rotatable bonds is 10. The van der Waals surface area contributed by atoms with E-state index >= 15 is 0 Å². The summed E-state index contributed by atoms with van der Waals surface area (Å²) >= 11 is 0. The molecule has 0 radical (unpaired) electrons. The number of fused-ring (bicyclic) bond motifs is 1. The number of amides is 5. The van der Waals surface area contributed by atoms with Crippen LogP contribution < -0.4 is 25.2 Å². The number of aromatic nitrogens is 1. The van der Waals surface area contributed by atoms with Crippen molar-refractivity contribution < 1.29 is 41.9 Å². The lowest BCUT2D eigenvalue weighted by Crippen LogP contribution is -2.54. The fraction of sp³-hybridized carbons (Fsp3) is 0.452. The third-order valence-electron chi connectivity index (χ3n) is 12.1. The number of likely N-dealkylation sites (tertiary alicyclic amines) is 1. The summed E-state index contributed by atoms with van der Waals surface area (Å²) in [4.78, 5) is 75.0. The van der Waals surface area contributed by atoms with Gasteiger partial charge in [0, 0.05) is 62.4 Å². The summed E-state index contributed by atoms with van der Waals surface area (Å²) in [6.45, 7) is 5.91. The Morgan fingerprint density at radius 1 is 0.864 bits per heavy atom. The van der Waals surface area contributed by atoms with Crippen molar-refractivity contribution in [3.8, 4) is 11.8 Å². The van der Waals surface area contributed by atoms with Gasteiger partial charge < -0.3 is 24.8 Å². The molecule has 0 saturated carbocycles. The number of piperidine rings is 3. The van der Waals surface area contributed by atoms with Gasteiger partial charge in [0.15, 0.2) is 0 Å². The van der Waals surface area contributed by atoms with Gasteiger partial charge in [0.25, 0.3) is 11.8 Å². The zero-order valence-electron chi connectivity index (χ0n) is 32.2. The molecule has 0 spiro atoms. The van der Waals surface area contributed by atoms with E-state index in [0.29, 0.717) is 61.6 Å². The van der Waals surface area contributed by atoms with Crippen LogP contribution in [0.4, 0.5) is 30.4 Å². The minimum atomic E-state index is -4.63. The molecule has 308 valence electrons. The molecule has 3 aromatic rings. The van der Waals surface area contributed by atoms with E-state index in [1.54, 1.807) is 41.4 Å². The zero-order valence-corrected chi connectivity index (χ0v) is 32.2. The molecule has 1 atom stereocenters. The topological polar surface area (TPSA) is 168 Å². The second-order valence-corrected chi connectivity index (χ2v) is 16.0. The van der Waals surface area contributed by atoms with E-state index in [9.17, 15) is 37.1 Å². The molecule has 17 heteroatoms. The van der Waals surface area contributed by atoms with Crippen molar-refractivity contribution in [2.45, 2.75) is 50.7 Å². The SMILES string of the molecule is N#Cc1ccc(N2CCC(C(=O)Nc3ccc(OCC4CCN(CC5CN(c6ccc7c(c6)C(=O)N(C6CCC(=O)NC6=O)C7=O)C5)CC4)cn3)CC2)cc1C(F)(F)F. The van der Waals surface area contributed by atoms with Crippen molar-refractivity contribution in [2.24, 2.45) is 17.8 Å². The molecule has 6 heterocycles. The van der Waals surface area contributed by atoms with Crippen molar-refractivity contribution >= 4 is 46.7 Å². The predicted octanol–water partition coefficient (Wildman–Crippen LogP) is 4.46. The molecule has 0 bridgehead atoms. The number of nitriles is 1. The third kappa shape index (κ3) is 8.45. The number of nitrogens with one attached hydrogen (secondary N) is 2. The summed E-state index contributed by atoms with van der Waals surface area (Å²) in [5.41, 5.74) is 0.415. The molecule has 0 aliphatic carbocycles. The van der Waals surface area contributed by atoms with Crippen molar-refractivity contribution in [3.05, 3.63) is 77.0 Å².